The zero-order valence-corrected chi connectivity index (χ0v) is 20.6. The van der Waals surface area contributed by atoms with Crippen molar-refractivity contribution in [1.82, 2.24) is 0 Å². The van der Waals surface area contributed by atoms with E-state index in [-0.39, 0.29) is 0 Å². The van der Waals surface area contributed by atoms with E-state index in [2.05, 4.69) is 64.1 Å². The Morgan fingerprint density at radius 1 is 1.30 bits per heavy atom. The maximum atomic E-state index is 11.9. The molecule has 6 atom stereocenters. The number of allylic oxidation sites excluding steroid dienone is 2. The molecule has 0 amide bonds. The number of carbonyl (C=O) groups excluding carboxylic acids is 1. The lowest BCUT2D eigenvalue weighted by molar-refractivity contribution is -0.116. The molecule has 0 bridgehead atoms. The van der Waals surface area contributed by atoms with Crippen LogP contribution in [-0.2, 0) is 9.53 Å². The van der Waals surface area contributed by atoms with Crippen molar-refractivity contribution in [3.63, 3.8) is 0 Å². The molecule has 0 aromatic heterocycles. The van der Waals surface area contributed by atoms with Crippen LogP contribution >= 0.6 is 22.6 Å². The Balaban J connectivity index is 2.30. The molecule has 27 heavy (non-hydrogen) atoms. The van der Waals surface area contributed by atoms with E-state index in [1.54, 1.807) is 0 Å². The molecule has 2 aliphatic carbocycles. The van der Waals surface area contributed by atoms with Gasteiger partial charge in [-0.2, -0.15) is 0 Å². The molecule has 0 spiro atoms. The SMILES string of the molecule is CCC1(C)CCC(C2CCC(=O)C=C2C)C(C(C)C)C1C[C@@H](C)OCCI. The third-order valence-electron chi connectivity index (χ3n) is 7.74. The molecule has 2 rings (SSSR count). The normalized spacial score (nSPS) is 36.0. The van der Waals surface area contributed by atoms with E-state index in [0.717, 1.165) is 35.7 Å². The largest absolute Gasteiger partial charge is 0.378 e. The minimum Gasteiger partial charge on any atom is -0.378 e. The van der Waals surface area contributed by atoms with Crippen LogP contribution in [0, 0.1) is 35.0 Å². The topological polar surface area (TPSA) is 26.3 Å². The molecule has 2 aliphatic rings. The number of carbonyl (C=O) groups is 1. The summed E-state index contributed by atoms with van der Waals surface area (Å²) < 4.78 is 7.18. The highest BCUT2D eigenvalue weighted by atomic mass is 127. The summed E-state index contributed by atoms with van der Waals surface area (Å²) in [6.07, 6.45) is 9.15. The van der Waals surface area contributed by atoms with Gasteiger partial charge >= 0.3 is 0 Å². The molecule has 0 radical (unpaired) electrons. The Bertz CT molecular complexity index is 526. The number of rotatable bonds is 8. The molecule has 1 fully saturated rings. The molecule has 2 nitrogen and oxygen atoms in total. The van der Waals surface area contributed by atoms with E-state index in [4.69, 9.17) is 4.74 Å². The summed E-state index contributed by atoms with van der Waals surface area (Å²) in [5, 5.41) is 0. The van der Waals surface area contributed by atoms with Gasteiger partial charge in [0.05, 0.1) is 12.7 Å². The van der Waals surface area contributed by atoms with E-state index in [1.165, 1.54) is 31.3 Å². The third-order valence-corrected chi connectivity index (χ3v) is 8.18. The molecule has 0 aliphatic heterocycles. The van der Waals surface area contributed by atoms with E-state index in [0.29, 0.717) is 35.1 Å². The van der Waals surface area contributed by atoms with Crippen LogP contribution in [0.15, 0.2) is 11.6 Å². The summed E-state index contributed by atoms with van der Waals surface area (Å²) in [7, 11) is 0. The number of hydrogen-bond acceptors (Lipinski definition) is 2. The van der Waals surface area contributed by atoms with E-state index < -0.39 is 0 Å². The van der Waals surface area contributed by atoms with Gasteiger partial charge in [-0.1, -0.05) is 62.3 Å². The lowest BCUT2D eigenvalue weighted by atomic mass is 9.51. The van der Waals surface area contributed by atoms with Crippen LogP contribution in [-0.4, -0.2) is 22.9 Å². The maximum absolute atomic E-state index is 11.9. The predicted octanol–water partition coefficient (Wildman–Crippen LogP) is 6.86. The van der Waals surface area contributed by atoms with Gasteiger partial charge in [0.25, 0.3) is 0 Å². The number of ketones is 1. The maximum Gasteiger partial charge on any atom is 0.155 e. The number of alkyl halides is 1. The molecule has 0 aromatic carbocycles. The van der Waals surface area contributed by atoms with Gasteiger partial charge in [-0.15, -0.1) is 0 Å². The van der Waals surface area contributed by atoms with Crippen molar-refractivity contribution < 1.29 is 9.53 Å². The molecular formula is C24H41IO2. The highest BCUT2D eigenvalue weighted by Gasteiger charge is 2.49. The second kappa shape index (κ2) is 10.2. The molecule has 0 heterocycles. The predicted molar refractivity (Wildman–Crippen MR) is 123 cm³/mol. The lowest BCUT2D eigenvalue weighted by Gasteiger charge is -2.54. The van der Waals surface area contributed by atoms with Crippen LogP contribution in [0.5, 0.6) is 0 Å². The summed E-state index contributed by atoms with van der Waals surface area (Å²) in [6, 6.07) is 0. The average Bonchev–Trinajstić information content (AvgIpc) is 2.61. The highest BCUT2D eigenvalue weighted by Crippen LogP contribution is 2.56. The summed E-state index contributed by atoms with van der Waals surface area (Å²) in [5.74, 6) is 3.75. The van der Waals surface area contributed by atoms with Gasteiger partial charge in [0, 0.05) is 10.8 Å². The monoisotopic (exact) mass is 488 g/mol. The minimum absolute atomic E-state index is 0.330. The van der Waals surface area contributed by atoms with Crippen molar-refractivity contribution >= 4 is 28.4 Å². The average molecular weight is 488 g/mol. The van der Waals surface area contributed by atoms with E-state index in [1.807, 2.05) is 6.08 Å². The fourth-order valence-electron chi connectivity index (χ4n) is 6.13. The second-order valence-electron chi connectivity index (χ2n) is 9.74. The number of ether oxygens (including phenoxy) is 1. The Hall–Kier alpha value is 0.1000. The van der Waals surface area contributed by atoms with Gasteiger partial charge < -0.3 is 4.74 Å². The van der Waals surface area contributed by atoms with Crippen molar-refractivity contribution in [2.75, 3.05) is 11.0 Å². The minimum atomic E-state index is 0.330. The highest BCUT2D eigenvalue weighted by molar-refractivity contribution is 14.1. The zero-order valence-electron chi connectivity index (χ0n) is 18.4. The molecule has 156 valence electrons. The van der Waals surface area contributed by atoms with Gasteiger partial charge in [0.1, 0.15) is 0 Å². The smallest absolute Gasteiger partial charge is 0.155 e. The van der Waals surface area contributed by atoms with Crippen molar-refractivity contribution in [1.29, 1.82) is 0 Å². The Morgan fingerprint density at radius 2 is 2.00 bits per heavy atom. The Morgan fingerprint density at radius 3 is 2.56 bits per heavy atom. The molecule has 1 saturated carbocycles. The zero-order chi connectivity index (χ0) is 20.2. The van der Waals surface area contributed by atoms with Gasteiger partial charge in [0.2, 0.25) is 0 Å². The van der Waals surface area contributed by atoms with Crippen LogP contribution in [0.1, 0.15) is 80.1 Å². The van der Waals surface area contributed by atoms with E-state index >= 15 is 0 Å². The lowest BCUT2D eigenvalue weighted by Crippen LogP contribution is -2.47. The van der Waals surface area contributed by atoms with Crippen LogP contribution in [0.2, 0.25) is 0 Å². The molecular weight excluding hydrogens is 447 g/mol. The first-order chi connectivity index (χ1) is 12.7. The fourth-order valence-corrected chi connectivity index (χ4v) is 6.38. The van der Waals surface area contributed by atoms with Crippen LogP contribution in [0.25, 0.3) is 0 Å². The van der Waals surface area contributed by atoms with E-state index in [9.17, 15) is 4.79 Å². The van der Waals surface area contributed by atoms with Gasteiger partial charge in [-0.05, 0) is 80.6 Å². The first kappa shape index (κ1) is 23.4. The number of halogens is 1. The summed E-state index contributed by atoms with van der Waals surface area (Å²) in [5.41, 5.74) is 1.75. The van der Waals surface area contributed by atoms with Crippen molar-refractivity contribution in [2.45, 2.75) is 86.2 Å². The van der Waals surface area contributed by atoms with Crippen molar-refractivity contribution in [3.05, 3.63) is 11.6 Å². The quantitative estimate of drug-likeness (QED) is 0.276. The van der Waals surface area contributed by atoms with Crippen LogP contribution < -0.4 is 0 Å². The third kappa shape index (κ3) is 5.58. The second-order valence-corrected chi connectivity index (χ2v) is 10.8. The van der Waals surface area contributed by atoms with Crippen LogP contribution in [0.4, 0.5) is 0 Å². The Kier molecular flexibility index (Phi) is 8.85. The molecule has 0 aromatic rings. The molecule has 0 N–H and O–H groups in total. The van der Waals surface area contributed by atoms with Gasteiger partial charge in [-0.25, -0.2) is 0 Å². The first-order valence-corrected chi connectivity index (χ1v) is 12.6. The Labute approximate surface area is 181 Å². The van der Waals surface area contributed by atoms with Gasteiger partial charge in [-0.3, -0.25) is 4.79 Å². The fraction of sp³-hybridized carbons (Fsp3) is 0.875. The standard InChI is InChI=1S/C24H41IO2/c1-7-24(6)11-10-21(20-9-8-19(26)14-17(20)4)23(16(2)3)22(24)15-18(5)27-13-12-25/h14,16,18,20-23H,7-13,15H2,1-6H3/t18-,20?,21?,22?,23?,24?/m1/s1. The van der Waals surface area contributed by atoms with Crippen molar-refractivity contribution in [3.8, 4) is 0 Å². The summed E-state index contributed by atoms with van der Waals surface area (Å²) in [4.78, 5) is 11.9. The summed E-state index contributed by atoms with van der Waals surface area (Å²) in [6.45, 7) is 15.1. The first-order valence-electron chi connectivity index (χ1n) is 11.1. The molecule has 5 unspecified atom stereocenters. The molecule has 3 heteroatoms. The summed E-state index contributed by atoms with van der Waals surface area (Å²) >= 11 is 2.40. The van der Waals surface area contributed by atoms with Gasteiger partial charge in [0.15, 0.2) is 5.78 Å². The molecule has 0 saturated heterocycles. The van der Waals surface area contributed by atoms with Crippen LogP contribution in [0.3, 0.4) is 0 Å². The van der Waals surface area contributed by atoms with Crippen molar-refractivity contribution in [2.24, 2.45) is 35.0 Å². The number of hydrogen-bond donors (Lipinski definition) is 0.